The second-order valence-electron chi connectivity index (χ2n) is 10.6. The summed E-state index contributed by atoms with van der Waals surface area (Å²) in [6, 6.07) is 1.55. The highest BCUT2D eigenvalue weighted by Gasteiger charge is 2.38. The van der Waals surface area contributed by atoms with Crippen molar-refractivity contribution in [1.82, 2.24) is 15.5 Å². The van der Waals surface area contributed by atoms with Gasteiger partial charge in [0.15, 0.2) is 0 Å². The summed E-state index contributed by atoms with van der Waals surface area (Å²) in [5.74, 6) is 0.00104. The highest BCUT2D eigenvalue weighted by molar-refractivity contribution is 5.96. The van der Waals surface area contributed by atoms with E-state index in [1.165, 1.54) is 0 Å². The highest BCUT2D eigenvalue weighted by atomic mass is 16.6. The molecule has 0 radical (unpaired) electrons. The van der Waals surface area contributed by atoms with Gasteiger partial charge in [0.25, 0.3) is 0 Å². The maximum atomic E-state index is 13.4. The number of aliphatic imine (C=N–C) groups is 1. The van der Waals surface area contributed by atoms with Gasteiger partial charge in [-0.3, -0.25) is 10.1 Å². The predicted octanol–water partition coefficient (Wildman–Crippen LogP) is 2.34. The zero-order valence-corrected chi connectivity index (χ0v) is 20.7. The number of alkyl carbamates (subject to hydrolysis) is 1. The van der Waals surface area contributed by atoms with Crippen LogP contribution in [0.3, 0.4) is 0 Å². The van der Waals surface area contributed by atoms with Crippen LogP contribution in [0.15, 0.2) is 4.99 Å². The van der Waals surface area contributed by atoms with Crippen molar-refractivity contribution in [1.29, 1.82) is 5.26 Å². The van der Waals surface area contributed by atoms with Crippen LogP contribution in [0.2, 0.25) is 0 Å². The Kier molecular flexibility index (Phi) is 9.14. The molecule has 2 N–H and O–H groups in total. The first kappa shape index (κ1) is 26.2. The van der Waals surface area contributed by atoms with Gasteiger partial charge >= 0.3 is 6.09 Å². The van der Waals surface area contributed by atoms with Crippen molar-refractivity contribution >= 4 is 18.0 Å². The SMILES string of the molecule is CC(C)(C)C[C@H](N=C(NC(=O)OCC1CCCO1)N1CCOCC1)C(=O)NC1(C#N)CCCC1. The van der Waals surface area contributed by atoms with E-state index in [2.05, 4.69) is 16.7 Å². The average Bonchev–Trinajstić information content (AvgIpc) is 3.49. The second kappa shape index (κ2) is 11.8. The normalized spacial score (nSPS) is 23.8. The number of hydrogen-bond donors (Lipinski definition) is 2. The second-order valence-corrected chi connectivity index (χ2v) is 10.6. The number of carbonyl (C=O) groups excluding carboxylic acids is 2. The van der Waals surface area contributed by atoms with Crippen molar-refractivity contribution in [2.75, 3.05) is 39.5 Å². The zero-order valence-electron chi connectivity index (χ0n) is 20.7. The topological polar surface area (TPSA) is 125 Å². The molecule has 0 bridgehead atoms. The zero-order chi connectivity index (χ0) is 24.6. The van der Waals surface area contributed by atoms with E-state index in [0.717, 1.165) is 25.7 Å². The number of nitrogens with zero attached hydrogens (tertiary/aromatic N) is 3. The fraction of sp³-hybridized carbons (Fsp3) is 0.833. The van der Waals surface area contributed by atoms with Crippen molar-refractivity contribution in [2.24, 2.45) is 10.4 Å². The van der Waals surface area contributed by atoms with Crippen LogP contribution in [0.25, 0.3) is 0 Å². The monoisotopic (exact) mass is 477 g/mol. The molecule has 0 aromatic carbocycles. The van der Waals surface area contributed by atoms with Crippen LogP contribution in [0, 0.1) is 16.7 Å². The van der Waals surface area contributed by atoms with Crippen LogP contribution in [0.5, 0.6) is 0 Å². The number of nitrogens with one attached hydrogen (secondary N) is 2. The number of morpholine rings is 1. The van der Waals surface area contributed by atoms with E-state index < -0.39 is 17.7 Å². The molecular weight excluding hydrogens is 438 g/mol. The molecule has 10 nitrogen and oxygen atoms in total. The van der Waals surface area contributed by atoms with Crippen molar-refractivity contribution in [3.05, 3.63) is 0 Å². The molecule has 3 fully saturated rings. The van der Waals surface area contributed by atoms with Gasteiger partial charge < -0.3 is 24.4 Å². The van der Waals surface area contributed by atoms with Gasteiger partial charge in [0.05, 0.1) is 25.4 Å². The fourth-order valence-electron chi connectivity index (χ4n) is 4.53. The molecule has 2 saturated heterocycles. The van der Waals surface area contributed by atoms with Gasteiger partial charge in [-0.1, -0.05) is 20.8 Å². The lowest BCUT2D eigenvalue weighted by Gasteiger charge is -2.32. The third kappa shape index (κ3) is 7.84. The lowest BCUT2D eigenvalue weighted by Crippen LogP contribution is -2.52. The van der Waals surface area contributed by atoms with Crippen molar-refractivity contribution < 1.29 is 23.8 Å². The minimum Gasteiger partial charge on any atom is -0.446 e. The minimum atomic E-state index is -0.838. The number of carbonyl (C=O) groups is 2. The van der Waals surface area contributed by atoms with Gasteiger partial charge in [-0.25, -0.2) is 9.79 Å². The van der Waals surface area contributed by atoms with Gasteiger partial charge in [-0.15, -0.1) is 0 Å². The summed E-state index contributed by atoms with van der Waals surface area (Å²) < 4.78 is 16.3. The van der Waals surface area contributed by atoms with Crippen LogP contribution in [-0.4, -0.2) is 80.1 Å². The Hall–Kier alpha value is -2.38. The molecule has 3 aliphatic rings. The molecule has 0 aromatic heterocycles. The summed E-state index contributed by atoms with van der Waals surface area (Å²) in [7, 11) is 0. The fourth-order valence-corrected chi connectivity index (χ4v) is 4.53. The molecule has 190 valence electrons. The maximum absolute atomic E-state index is 13.4. The van der Waals surface area contributed by atoms with Crippen molar-refractivity contribution in [3.8, 4) is 6.07 Å². The molecule has 2 aliphatic heterocycles. The lowest BCUT2D eigenvalue weighted by atomic mass is 9.87. The lowest BCUT2D eigenvalue weighted by molar-refractivity contribution is -0.124. The van der Waals surface area contributed by atoms with Gasteiger partial charge in [-0.2, -0.15) is 5.26 Å². The molecule has 0 aromatic rings. The summed E-state index contributed by atoms with van der Waals surface area (Å²) in [5, 5.41) is 15.5. The summed E-state index contributed by atoms with van der Waals surface area (Å²) in [6.45, 7) is 9.05. The van der Waals surface area contributed by atoms with E-state index in [9.17, 15) is 14.9 Å². The molecule has 34 heavy (non-hydrogen) atoms. The molecule has 3 rings (SSSR count). The van der Waals surface area contributed by atoms with Crippen molar-refractivity contribution in [2.45, 2.75) is 83.4 Å². The smallest absolute Gasteiger partial charge is 0.414 e. The Bertz CT molecular complexity index is 770. The first-order valence-electron chi connectivity index (χ1n) is 12.4. The van der Waals surface area contributed by atoms with Crippen LogP contribution >= 0.6 is 0 Å². The van der Waals surface area contributed by atoms with Gasteiger partial charge in [0.1, 0.15) is 18.2 Å². The molecule has 10 heteroatoms. The molecular formula is C24H39N5O5. The molecule has 1 aliphatic carbocycles. The highest BCUT2D eigenvalue weighted by Crippen LogP contribution is 2.30. The molecule has 2 amide bonds. The Morgan fingerprint density at radius 1 is 1.21 bits per heavy atom. The average molecular weight is 478 g/mol. The van der Waals surface area contributed by atoms with Gasteiger partial charge in [-0.05, 0) is 50.4 Å². The van der Waals surface area contributed by atoms with Crippen LogP contribution in [-0.2, 0) is 19.0 Å². The van der Waals surface area contributed by atoms with Crippen molar-refractivity contribution in [3.63, 3.8) is 0 Å². The largest absolute Gasteiger partial charge is 0.446 e. The number of ether oxygens (including phenoxy) is 3. The van der Waals surface area contributed by atoms with E-state index in [1.54, 1.807) is 0 Å². The molecule has 1 unspecified atom stereocenters. The van der Waals surface area contributed by atoms with E-state index in [1.807, 2.05) is 25.7 Å². The first-order chi connectivity index (χ1) is 16.2. The van der Waals surface area contributed by atoms with E-state index in [-0.39, 0.29) is 24.0 Å². The quantitative estimate of drug-likeness (QED) is 0.444. The first-order valence-corrected chi connectivity index (χ1v) is 12.4. The maximum Gasteiger partial charge on any atom is 0.414 e. The Morgan fingerprint density at radius 3 is 2.50 bits per heavy atom. The van der Waals surface area contributed by atoms with Gasteiger partial charge in [0.2, 0.25) is 11.9 Å². The Balaban J connectivity index is 1.77. The predicted molar refractivity (Wildman–Crippen MR) is 126 cm³/mol. The summed E-state index contributed by atoms with van der Waals surface area (Å²) >= 11 is 0. The third-order valence-corrected chi connectivity index (χ3v) is 6.37. The molecule has 2 heterocycles. The number of amides is 2. The van der Waals surface area contributed by atoms with Crippen LogP contribution in [0.4, 0.5) is 4.79 Å². The Labute approximate surface area is 202 Å². The van der Waals surface area contributed by atoms with E-state index in [4.69, 9.17) is 19.2 Å². The minimum absolute atomic E-state index is 0.0810. The van der Waals surface area contributed by atoms with E-state index in [0.29, 0.717) is 58.1 Å². The number of hydrogen-bond acceptors (Lipinski definition) is 7. The molecule has 0 spiro atoms. The third-order valence-electron chi connectivity index (χ3n) is 6.37. The van der Waals surface area contributed by atoms with Crippen LogP contribution < -0.4 is 10.6 Å². The standard InChI is InChI=1S/C24H39N5O5/c1-23(2,3)15-19(20(30)28-24(17-25)8-4-5-9-24)26-21(29-10-13-32-14-11-29)27-22(31)34-16-18-7-6-12-33-18/h18-19H,4-16H2,1-3H3,(H,28,30)(H,26,27,31)/t18?,19-/m0/s1. The Morgan fingerprint density at radius 2 is 1.91 bits per heavy atom. The number of nitriles is 1. The summed E-state index contributed by atoms with van der Waals surface area (Å²) in [5.41, 5.74) is -1.03. The summed E-state index contributed by atoms with van der Waals surface area (Å²) in [6.07, 6.45) is 4.70. The van der Waals surface area contributed by atoms with Crippen LogP contribution in [0.1, 0.15) is 65.7 Å². The molecule has 1 saturated carbocycles. The number of guanidine groups is 1. The summed E-state index contributed by atoms with van der Waals surface area (Å²) in [4.78, 5) is 32.6. The van der Waals surface area contributed by atoms with E-state index >= 15 is 0 Å². The number of rotatable bonds is 6. The van der Waals surface area contributed by atoms with Gasteiger partial charge in [0, 0.05) is 19.7 Å². The molecule has 2 atom stereocenters.